The predicted octanol–water partition coefficient (Wildman–Crippen LogP) is 4.08. The van der Waals surface area contributed by atoms with Crippen LogP contribution in [-0.2, 0) is 16.4 Å². The molecule has 1 amide bonds. The van der Waals surface area contributed by atoms with Gasteiger partial charge in [0.1, 0.15) is 5.75 Å². The Morgan fingerprint density at radius 1 is 1.02 bits per heavy atom. The Kier molecular flexibility index (Phi) is 15.9. The first-order chi connectivity index (χ1) is 18.7. The number of nitrogens with one attached hydrogen (secondary N) is 2. The van der Waals surface area contributed by atoms with Crippen LogP contribution in [0.3, 0.4) is 0 Å². The molecular formula is C29H39Cl2N3O6S. The van der Waals surface area contributed by atoms with Crippen LogP contribution in [0.25, 0.3) is 11.1 Å². The van der Waals surface area contributed by atoms with E-state index in [0.29, 0.717) is 12.3 Å². The maximum absolute atomic E-state index is 12.7. The molecule has 0 fully saturated rings. The van der Waals surface area contributed by atoms with Gasteiger partial charge in [-0.1, -0.05) is 36.4 Å². The van der Waals surface area contributed by atoms with Crippen LogP contribution in [0.1, 0.15) is 54.3 Å². The van der Waals surface area contributed by atoms with Gasteiger partial charge in [0, 0.05) is 31.1 Å². The summed E-state index contributed by atoms with van der Waals surface area (Å²) in [6, 6.07) is 16.8. The molecule has 12 heteroatoms. The molecule has 226 valence electrons. The van der Waals surface area contributed by atoms with E-state index in [1.54, 1.807) is 36.7 Å². The van der Waals surface area contributed by atoms with E-state index >= 15 is 0 Å². The fraction of sp³-hybridized carbons (Fsp3) is 0.379. The molecule has 0 aliphatic rings. The van der Waals surface area contributed by atoms with E-state index in [1.165, 1.54) is 5.56 Å². The summed E-state index contributed by atoms with van der Waals surface area (Å²) in [6.45, 7) is 4.62. The van der Waals surface area contributed by atoms with Gasteiger partial charge in [-0.3, -0.25) is 9.78 Å². The molecule has 0 spiro atoms. The summed E-state index contributed by atoms with van der Waals surface area (Å²) >= 11 is 0. The molecule has 0 saturated heterocycles. The number of hydrogen-bond donors (Lipinski definition) is 4. The first-order valence-electron chi connectivity index (χ1n) is 13.0. The highest BCUT2D eigenvalue weighted by molar-refractivity contribution is 7.90. The van der Waals surface area contributed by atoms with Crippen molar-refractivity contribution in [2.24, 2.45) is 0 Å². The van der Waals surface area contributed by atoms with Gasteiger partial charge >= 0.3 is 0 Å². The molecule has 0 bridgehead atoms. The third-order valence-corrected chi connectivity index (χ3v) is 7.24. The largest absolute Gasteiger partial charge is 0.490 e. The quantitative estimate of drug-likeness (QED) is 0.185. The van der Waals surface area contributed by atoms with Crippen LogP contribution in [0, 0.1) is 0 Å². The monoisotopic (exact) mass is 627 g/mol. The van der Waals surface area contributed by atoms with E-state index in [1.807, 2.05) is 32.0 Å². The van der Waals surface area contributed by atoms with Crippen molar-refractivity contribution in [1.29, 1.82) is 0 Å². The second-order valence-corrected chi connectivity index (χ2v) is 11.4. The van der Waals surface area contributed by atoms with Crippen LogP contribution in [0.15, 0.2) is 67.0 Å². The van der Waals surface area contributed by atoms with E-state index in [4.69, 9.17) is 9.84 Å². The predicted molar refractivity (Wildman–Crippen MR) is 165 cm³/mol. The summed E-state index contributed by atoms with van der Waals surface area (Å²) in [5.74, 6) is -0.822. The maximum Gasteiger partial charge on any atom is 0.268 e. The van der Waals surface area contributed by atoms with Crippen molar-refractivity contribution in [3.63, 3.8) is 0 Å². The van der Waals surface area contributed by atoms with Crippen LogP contribution < -0.4 is 14.8 Å². The summed E-state index contributed by atoms with van der Waals surface area (Å²) < 4.78 is 32.1. The number of pyridine rings is 1. The number of nitrogens with zero attached hydrogens (tertiary/aromatic N) is 1. The SMILES string of the molecule is CC(C)Oc1cc(-c2ccc(CCCNCC(O)c3cccnc3)cc2)ccc1C(=O)NS(=O)(=O)CCCO.Cl.Cl. The van der Waals surface area contributed by atoms with Gasteiger partial charge in [0.05, 0.1) is 23.5 Å². The van der Waals surface area contributed by atoms with E-state index in [9.17, 15) is 18.3 Å². The van der Waals surface area contributed by atoms with Crippen LogP contribution in [0.4, 0.5) is 0 Å². The second kappa shape index (κ2) is 17.9. The van der Waals surface area contributed by atoms with Gasteiger partial charge in [-0.2, -0.15) is 0 Å². The lowest BCUT2D eigenvalue weighted by Gasteiger charge is -2.16. The van der Waals surface area contributed by atoms with Gasteiger partial charge < -0.3 is 20.3 Å². The molecule has 4 N–H and O–H groups in total. The second-order valence-electron chi connectivity index (χ2n) is 9.51. The lowest BCUT2D eigenvalue weighted by Crippen LogP contribution is -2.33. The molecule has 0 saturated carbocycles. The van der Waals surface area contributed by atoms with Gasteiger partial charge in [-0.25, -0.2) is 13.1 Å². The minimum absolute atomic E-state index is 0. The van der Waals surface area contributed by atoms with Crippen molar-refractivity contribution in [3.8, 4) is 16.9 Å². The zero-order valence-corrected chi connectivity index (χ0v) is 25.6. The number of rotatable bonds is 15. The molecule has 9 nitrogen and oxygen atoms in total. The molecule has 0 radical (unpaired) electrons. The van der Waals surface area contributed by atoms with Crippen LogP contribution >= 0.6 is 24.8 Å². The van der Waals surface area contributed by atoms with Crippen LogP contribution in [0.5, 0.6) is 5.75 Å². The van der Waals surface area contributed by atoms with E-state index in [2.05, 4.69) is 27.2 Å². The van der Waals surface area contributed by atoms with Gasteiger partial charge in [-0.05, 0) is 74.5 Å². The standard InChI is InChI=1S/C29H37N3O6S.2ClH/c1-21(2)38-28-18-24(12-13-26(28)29(35)32-39(36,37)17-5-16-33)23-10-8-22(9-11-23)6-3-14-31-20-27(34)25-7-4-15-30-19-25;;/h4,7-13,15,18-19,21,27,31,33-34H,3,5-6,14,16-17,20H2,1-2H3,(H,32,35);2*1H. The van der Waals surface area contributed by atoms with Crippen molar-refractivity contribution >= 4 is 40.7 Å². The fourth-order valence-corrected chi connectivity index (χ4v) is 4.96. The van der Waals surface area contributed by atoms with Crippen molar-refractivity contribution in [1.82, 2.24) is 15.0 Å². The smallest absolute Gasteiger partial charge is 0.268 e. The minimum Gasteiger partial charge on any atom is -0.490 e. The number of carbonyl (C=O) groups excluding carboxylic acids is 1. The Bertz CT molecular complexity index is 1310. The Hall–Kier alpha value is -2.73. The number of aromatic nitrogens is 1. The number of ether oxygens (including phenoxy) is 1. The first kappa shape index (κ1) is 36.3. The molecular weight excluding hydrogens is 589 g/mol. The lowest BCUT2D eigenvalue weighted by atomic mass is 10.00. The number of carbonyl (C=O) groups is 1. The summed E-state index contributed by atoms with van der Waals surface area (Å²) in [6.07, 6.45) is 4.37. The molecule has 2 aromatic carbocycles. The average molecular weight is 629 g/mol. The Labute approximate surface area is 254 Å². The molecule has 3 rings (SSSR count). The molecule has 41 heavy (non-hydrogen) atoms. The number of hydrogen-bond acceptors (Lipinski definition) is 8. The number of benzene rings is 2. The highest BCUT2D eigenvalue weighted by Gasteiger charge is 2.20. The number of aliphatic hydroxyl groups excluding tert-OH is 2. The lowest BCUT2D eigenvalue weighted by molar-refractivity contribution is 0.0975. The van der Waals surface area contributed by atoms with Crippen LogP contribution in [-0.4, -0.2) is 61.1 Å². The van der Waals surface area contributed by atoms with Crippen molar-refractivity contribution < 1.29 is 28.2 Å². The third kappa shape index (κ3) is 12.0. The number of amides is 1. The average Bonchev–Trinajstić information content (AvgIpc) is 2.92. The van der Waals surface area contributed by atoms with Gasteiger partial charge in [0.25, 0.3) is 5.91 Å². The number of aryl methyl sites for hydroxylation is 1. The highest BCUT2D eigenvalue weighted by Crippen LogP contribution is 2.29. The summed E-state index contributed by atoms with van der Waals surface area (Å²) in [7, 11) is -3.87. The minimum atomic E-state index is -3.87. The van der Waals surface area contributed by atoms with Crippen molar-refractivity contribution in [2.75, 3.05) is 25.4 Å². The maximum atomic E-state index is 12.7. The summed E-state index contributed by atoms with van der Waals surface area (Å²) in [5, 5.41) is 22.4. The van der Waals surface area contributed by atoms with Gasteiger partial charge in [0.2, 0.25) is 10.0 Å². The van der Waals surface area contributed by atoms with Gasteiger partial charge in [0.15, 0.2) is 0 Å². The summed E-state index contributed by atoms with van der Waals surface area (Å²) in [5.41, 5.74) is 3.86. The molecule has 0 aliphatic carbocycles. The zero-order valence-electron chi connectivity index (χ0n) is 23.2. The topological polar surface area (TPSA) is 138 Å². The third-order valence-electron chi connectivity index (χ3n) is 5.92. The normalized spacial score (nSPS) is 11.7. The van der Waals surface area contributed by atoms with E-state index in [-0.39, 0.29) is 55.3 Å². The van der Waals surface area contributed by atoms with E-state index in [0.717, 1.165) is 36.1 Å². The Balaban J connectivity index is 0.00000420. The number of sulfonamides is 1. The number of aliphatic hydroxyl groups is 2. The number of halogens is 2. The zero-order chi connectivity index (χ0) is 28.3. The molecule has 1 unspecified atom stereocenters. The first-order valence-corrected chi connectivity index (χ1v) is 14.7. The van der Waals surface area contributed by atoms with Crippen molar-refractivity contribution in [3.05, 3.63) is 83.7 Å². The molecule has 1 aromatic heterocycles. The molecule has 1 heterocycles. The Morgan fingerprint density at radius 3 is 2.37 bits per heavy atom. The summed E-state index contributed by atoms with van der Waals surface area (Å²) in [4.78, 5) is 16.7. The van der Waals surface area contributed by atoms with Gasteiger partial charge in [-0.15, -0.1) is 24.8 Å². The van der Waals surface area contributed by atoms with Crippen molar-refractivity contribution in [2.45, 2.75) is 45.3 Å². The van der Waals surface area contributed by atoms with E-state index < -0.39 is 22.0 Å². The molecule has 1 atom stereocenters. The highest BCUT2D eigenvalue weighted by atomic mass is 35.5. The fourth-order valence-electron chi connectivity index (χ4n) is 3.95. The van der Waals surface area contributed by atoms with Crippen LogP contribution in [0.2, 0.25) is 0 Å². The molecule has 3 aromatic rings. The Morgan fingerprint density at radius 2 is 1.73 bits per heavy atom. The molecule has 0 aliphatic heterocycles.